The third-order valence-electron chi connectivity index (χ3n) is 3.11. The maximum absolute atomic E-state index is 14.4. The van der Waals surface area contributed by atoms with Crippen LogP contribution in [0.3, 0.4) is 0 Å². The van der Waals surface area contributed by atoms with Gasteiger partial charge < -0.3 is 10.6 Å². The molecule has 20 heavy (non-hydrogen) atoms. The Bertz CT molecular complexity index is 656. The second-order valence-corrected chi connectivity index (χ2v) is 5.75. The largest absolute Gasteiger partial charge is 0.389 e. The van der Waals surface area contributed by atoms with Gasteiger partial charge in [0, 0.05) is 18.3 Å². The molecule has 0 spiro atoms. The number of hydrogen-bond donors (Lipinski definition) is 1. The first kappa shape index (κ1) is 14.9. The number of anilines is 2. The van der Waals surface area contributed by atoms with Gasteiger partial charge in [0.2, 0.25) is 0 Å². The first-order valence-electron chi connectivity index (χ1n) is 6.00. The van der Waals surface area contributed by atoms with Gasteiger partial charge in [0.25, 0.3) is 0 Å². The lowest BCUT2D eigenvalue weighted by atomic mass is 10.1. The van der Waals surface area contributed by atoms with E-state index < -0.39 is 0 Å². The van der Waals surface area contributed by atoms with E-state index in [-0.39, 0.29) is 10.8 Å². The van der Waals surface area contributed by atoms with Crippen molar-refractivity contribution in [1.82, 2.24) is 0 Å². The summed E-state index contributed by atoms with van der Waals surface area (Å²) in [6.45, 7) is 2.01. The van der Waals surface area contributed by atoms with Crippen LogP contribution in [0.25, 0.3) is 0 Å². The van der Waals surface area contributed by atoms with Gasteiger partial charge in [-0.05, 0) is 47.1 Å². The minimum absolute atomic E-state index is 0.167. The van der Waals surface area contributed by atoms with Crippen LogP contribution in [0.5, 0.6) is 0 Å². The van der Waals surface area contributed by atoms with Gasteiger partial charge in [-0.2, -0.15) is 0 Å². The Morgan fingerprint density at radius 1 is 1.20 bits per heavy atom. The number of rotatable bonds is 3. The highest BCUT2D eigenvalue weighted by atomic mass is 79.9. The average molecular weight is 353 g/mol. The molecule has 0 unspecified atom stereocenters. The number of benzene rings is 2. The van der Waals surface area contributed by atoms with Crippen molar-refractivity contribution in [3.8, 4) is 0 Å². The van der Waals surface area contributed by atoms with Crippen LogP contribution in [0.4, 0.5) is 15.8 Å². The SMILES string of the molecule is Cc1ccc(N(C)c2ccc(C(N)=S)c(Br)c2F)cc1. The molecule has 0 fully saturated rings. The highest BCUT2D eigenvalue weighted by Gasteiger charge is 2.16. The summed E-state index contributed by atoms with van der Waals surface area (Å²) < 4.78 is 14.7. The van der Waals surface area contributed by atoms with Gasteiger partial charge in [-0.25, -0.2) is 4.39 Å². The third-order valence-corrected chi connectivity index (χ3v) is 4.11. The molecular weight excluding hydrogens is 339 g/mol. The first-order valence-corrected chi connectivity index (χ1v) is 7.20. The molecule has 5 heteroatoms. The number of aryl methyl sites for hydroxylation is 1. The van der Waals surface area contributed by atoms with Crippen molar-refractivity contribution < 1.29 is 4.39 Å². The minimum atomic E-state index is -0.377. The molecule has 0 aliphatic rings. The van der Waals surface area contributed by atoms with Crippen LogP contribution < -0.4 is 10.6 Å². The standard InChI is InChI=1S/C15H14BrFN2S/c1-9-3-5-10(6-4-9)19(2)12-8-7-11(15(18)20)13(16)14(12)17/h3-8H,1-2H3,(H2,18,20). The molecule has 104 valence electrons. The van der Waals surface area contributed by atoms with E-state index >= 15 is 0 Å². The fourth-order valence-electron chi connectivity index (χ4n) is 1.90. The summed E-state index contributed by atoms with van der Waals surface area (Å²) in [5, 5.41) is 0. The number of nitrogens with zero attached hydrogens (tertiary/aromatic N) is 1. The number of nitrogens with two attached hydrogens (primary N) is 1. The highest BCUT2D eigenvalue weighted by Crippen LogP contribution is 2.32. The lowest BCUT2D eigenvalue weighted by Crippen LogP contribution is -2.15. The normalized spacial score (nSPS) is 10.4. The predicted molar refractivity (Wildman–Crippen MR) is 89.2 cm³/mol. The zero-order chi connectivity index (χ0) is 14.9. The second kappa shape index (κ2) is 5.89. The molecule has 0 bridgehead atoms. The van der Waals surface area contributed by atoms with Crippen LogP contribution in [-0.4, -0.2) is 12.0 Å². The maximum Gasteiger partial charge on any atom is 0.161 e. The fraction of sp³-hybridized carbons (Fsp3) is 0.133. The molecule has 0 aromatic heterocycles. The predicted octanol–water partition coefficient (Wildman–Crippen LogP) is 4.30. The Morgan fingerprint density at radius 2 is 1.80 bits per heavy atom. The van der Waals surface area contributed by atoms with Gasteiger partial charge in [-0.15, -0.1) is 0 Å². The van der Waals surface area contributed by atoms with Crippen molar-refractivity contribution in [3.63, 3.8) is 0 Å². The lowest BCUT2D eigenvalue weighted by molar-refractivity contribution is 0.620. The smallest absolute Gasteiger partial charge is 0.161 e. The Labute approximate surface area is 131 Å². The molecule has 0 saturated heterocycles. The molecule has 2 rings (SSSR count). The summed E-state index contributed by atoms with van der Waals surface area (Å²) >= 11 is 8.11. The molecule has 2 aromatic carbocycles. The third kappa shape index (κ3) is 2.83. The zero-order valence-corrected chi connectivity index (χ0v) is 13.6. The highest BCUT2D eigenvalue weighted by molar-refractivity contribution is 9.10. The van der Waals surface area contributed by atoms with Crippen molar-refractivity contribution in [2.45, 2.75) is 6.92 Å². The van der Waals surface area contributed by atoms with Gasteiger partial charge in [0.1, 0.15) is 4.99 Å². The van der Waals surface area contributed by atoms with E-state index in [1.54, 1.807) is 17.0 Å². The maximum atomic E-state index is 14.4. The summed E-state index contributed by atoms with van der Waals surface area (Å²) in [5.41, 5.74) is 8.58. The summed E-state index contributed by atoms with van der Waals surface area (Å²) in [6, 6.07) is 11.3. The quantitative estimate of drug-likeness (QED) is 0.835. The van der Waals surface area contributed by atoms with Gasteiger partial charge in [-0.1, -0.05) is 29.9 Å². The summed E-state index contributed by atoms with van der Waals surface area (Å²) in [6.07, 6.45) is 0. The second-order valence-electron chi connectivity index (χ2n) is 4.52. The van der Waals surface area contributed by atoms with E-state index in [1.807, 2.05) is 38.2 Å². The van der Waals surface area contributed by atoms with E-state index in [1.165, 1.54) is 0 Å². The molecule has 0 heterocycles. The average Bonchev–Trinajstić information content (AvgIpc) is 2.41. The molecule has 0 saturated carbocycles. The van der Waals surface area contributed by atoms with Crippen molar-refractivity contribution in [1.29, 1.82) is 0 Å². The van der Waals surface area contributed by atoms with Gasteiger partial charge in [0.15, 0.2) is 5.82 Å². The molecule has 0 aliphatic carbocycles. The van der Waals surface area contributed by atoms with Crippen molar-refractivity contribution in [3.05, 3.63) is 57.8 Å². The molecule has 0 aliphatic heterocycles. The molecule has 2 nitrogen and oxygen atoms in total. The van der Waals surface area contributed by atoms with E-state index in [2.05, 4.69) is 15.9 Å². The summed E-state index contributed by atoms with van der Waals surface area (Å²) in [5.74, 6) is -0.377. The lowest BCUT2D eigenvalue weighted by Gasteiger charge is -2.21. The zero-order valence-electron chi connectivity index (χ0n) is 11.2. The molecule has 0 radical (unpaired) electrons. The van der Waals surface area contributed by atoms with Gasteiger partial charge in [-0.3, -0.25) is 0 Å². The van der Waals surface area contributed by atoms with Crippen LogP contribution in [-0.2, 0) is 0 Å². The molecule has 2 aromatic rings. The Morgan fingerprint density at radius 3 is 2.35 bits per heavy atom. The topological polar surface area (TPSA) is 29.3 Å². The number of halogens is 2. The Balaban J connectivity index is 2.45. The summed E-state index contributed by atoms with van der Waals surface area (Å²) in [4.78, 5) is 1.95. The molecule has 0 amide bonds. The van der Waals surface area contributed by atoms with Crippen LogP contribution in [0.15, 0.2) is 40.9 Å². The van der Waals surface area contributed by atoms with Crippen LogP contribution in [0.1, 0.15) is 11.1 Å². The van der Waals surface area contributed by atoms with Crippen molar-refractivity contribution in [2.24, 2.45) is 5.73 Å². The minimum Gasteiger partial charge on any atom is -0.389 e. The molecule has 0 atom stereocenters. The molecular formula is C15H14BrFN2S. The van der Waals surface area contributed by atoms with Crippen molar-refractivity contribution in [2.75, 3.05) is 11.9 Å². The van der Waals surface area contributed by atoms with Gasteiger partial charge >= 0.3 is 0 Å². The van der Waals surface area contributed by atoms with Crippen LogP contribution in [0, 0.1) is 12.7 Å². The van der Waals surface area contributed by atoms with Gasteiger partial charge in [0.05, 0.1) is 10.2 Å². The van der Waals surface area contributed by atoms with E-state index in [0.29, 0.717) is 15.7 Å². The fourth-order valence-corrected chi connectivity index (χ4v) is 2.75. The van der Waals surface area contributed by atoms with Crippen LogP contribution in [0.2, 0.25) is 0 Å². The van der Waals surface area contributed by atoms with Crippen LogP contribution >= 0.6 is 28.1 Å². The number of hydrogen-bond acceptors (Lipinski definition) is 2. The Hall–Kier alpha value is -1.46. The van der Waals surface area contributed by atoms with E-state index in [0.717, 1.165) is 11.3 Å². The monoisotopic (exact) mass is 352 g/mol. The van der Waals surface area contributed by atoms with E-state index in [9.17, 15) is 4.39 Å². The van der Waals surface area contributed by atoms with Crippen molar-refractivity contribution >= 4 is 44.5 Å². The van der Waals surface area contributed by atoms with E-state index in [4.69, 9.17) is 18.0 Å². The Kier molecular flexibility index (Phi) is 4.40. The summed E-state index contributed by atoms with van der Waals surface area (Å²) in [7, 11) is 1.82. The first-order chi connectivity index (χ1) is 9.41. The number of thiocarbonyl (C=S) groups is 1. The molecule has 2 N–H and O–H groups in total.